The monoisotopic (exact) mass is 376 g/mol. The van der Waals surface area contributed by atoms with E-state index in [-0.39, 0.29) is 0 Å². The van der Waals surface area contributed by atoms with Gasteiger partial charge in [0, 0.05) is 42.7 Å². The second-order valence-corrected chi connectivity index (χ2v) is 7.38. The minimum atomic E-state index is 0.462. The third kappa shape index (κ3) is 4.09. The van der Waals surface area contributed by atoms with Gasteiger partial charge in [0.15, 0.2) is 0 Å². The molecule has 5 heteroatoms. The van der Waals surface area contributed by atoms with Gasteiger partial charge in [-0.1, -0.05) is 18.2 Å². The zero-order chi connectivity index (χ0) is 19.3. The van der Waals surface area contributed by atoms with Crippen LogP contribution in [0.5, 0.6) is 5.75 Å². The fourth-order valence-corrected chi connectivity index (χ4v) is 4.04. The van der Waals surface area contributed by atoms with E-state index in [9.17, 15) is 0 Å². The van der Waals surface area contributed by atoms with Gasteiger partial charge in [-0.25, -0.2) is 4.98 Å². The van der Waals surface area contributed by atoms with E-state index < -0.39 is 0 Å². The fraction of sp³-hybridized carbons (Fsp3) is 0.391. The molecule has 1 aromatic carbocycles. The second-order valence-electron chi connectivity index (χ2n) is 7.38. The Bertz CT molecular complexity index is 920. The summed E-state index contributed by atoms with van der Waals surface area (Å²) in [6, 6.07) is 14.5. The maximum atomic E-state index is 5.36. The zero-order valence-electron chi connectivity index (χ0n) is 16.7. The first-order valence-corrected chi connectivity index (χ1v) is 10.1. The largest absolute Gasteiger partial charge is 0.497 e. The van der Waals surface area contributed by atoms with Gasteiger partial charge in [0.05, 0.1) is 19.3 Å². The molecule has 0 saturated carbocycles. The Hall–Kier alpha value is -2.66. The summed E-state index contributed by atoms with van der Waals surface area (Å²) in [5.74, 6) is 2.48. The van der Waals surface area contributed by atoms with E-state index in [1.807, 2.05) is 24.4 Å². The molecule has 0 radical (unpaired) electrons. The van der Waals surface area contributed by atoms with E-state index in [1.165, 1.54) is 18.5 Å². The maximum absolute atomic E-state index is 5.36. The predicted molar refractivity (Wildman–Crippen MR) is 111 cm³/mol. The van der Waals surface area contributed by atoms with Crippen LogP contribution in [0.1, 0.15) is 37.2 Å². The molecule has 0 spiro atoms. The normalized spacial score (nSPS) is 17.6. The highest BCUT2D eigenvalue weighted by Crippen LogP contribution is 2.29. The van der Waals surface area contributed by atoms with E-state index in [4.69, 9.17) is 9.72 Å². The van der Waals surface area contributed by atoms with Crippen molar-refractivity contribution >= 4 is 0 Å². The number of pyridine rings is 1. The molecular weight excluding hydrogens is 348 g/mol. The molecule has 1 fully saturated rings. The molecule has 0 unspecified atom stereocenters. The van der Waals surface area contributed by atoms with E-state index >= 15 is 0 Å². The molecule has 1 atom stereocenters. The van der Waals surface area contributed by atoms with Crippen LogP contribution in [0.2, 0.25) is 0 Å². The van der Waals surface area contributed by atoms with Gasteiger partial charge in [0.25, 0.3) is 0 Å². The molecule has 2 aromatic heterocycles. The van der Waals surface area contributed by atoms with Crippen LogP contribution >= 0.6 is 0 Å². The average molecular weight is 377 g/mol. The number of hydrogen-bond acceptors (Lipinski definition) is 4. The summed E-state index contributed by atoms with van der Waals surface area (Å²) in [6.45, 7) is 6.20. The number of imidazole rings is 1. The van der Waals surface area contributed by atoms with Crippen LogP contribution in [-0.4, -0.2) is 39.6 Å². The lowest BCUT2D eigenvalue weighted by Crippen LogP contribution is -2.35. The maximum Gasteiger partial charge on any atom is 0.122 e. The van der Waals surface area contributed by atoms with Crippen LogP contribution in [0.25, 0.3) is 11.3 Å². The van der Waals surface area contributed by atoms with Crippen LogP contribution in [0.3, 0.4) is 0 Å². The topological polar surface area (TPSA) is 43.2 Å². The number of methoxy groups -OCH3 is 1. The molecule has 146 valence electrons. The van der Waals surface area contributed by atoms with Gasteiger partial charge in [-0.3, -0.25) is 9.88 Å². The standard InChI is InChI=1S/C23H28N4O/c1-3-27-14-12-24-23(27)17-26-13-6-8-19(16-26)22-11-5-10-21(25-22)18-7-4-9-20(15-18)28-2/h4-5,7,9-12,14-15,19H,3,6,8,13,16-17H2,1-2H3/t19-/m1/s1. The highest BCUT2D eigenvalue weighted by Gasteiger charge is 2.23. The minimum absolute atomic E-state index is 0.462. The van der Waals surface area contributed by atoms with Gasteiger partial charge in [0.1, 0.15) is 11.6 Å². The summed E-state index contributed by atoms with van der Waals surface area (Å²) in [5.41, 5.74) is 3.29. The van der Waals surface area contributed by atoms with Crippen LogP contribution in [-0.2, 0) is 13.1 Å². The molecule has 0 bridgehead atoms. The van der Waals surface area contributed by atoms with Crippen molar-refractivity contribution in [2.24, 2.45) is 0 Å². The van der Waals surface area contributed by atoms with Gasteiger partial charge in [-0.05, 0) is 50.6 Å². The van der Waals surface area contributed by atoms with Crippen molar-refractivity contribution < 1.29 is 4.74 Å². The van der Waals surface area contributed by atoms with Gasteiger partial charge in [-0.15, -0.1) is 0 Å². The van der Waals surface area contributed by atoms with E-state index in [0.717, 1.165) is 49.0 Å². The number of likely N-dealkylation sites (tertiary alicyclic amines) is 1. The number of benzene rings is 1. The Morgan fingerprint density at radius 2 is 2.07 bits per heavy atom. The summed E-state index contributed by atoms with van der Waals surface area (Å²) in [5, 5.41) is 0. The summed E-state index contributed by atoms with van der Waals surface area (Å²) in [6.07, 6.45) is 6.35. The van der Waals surface area contributed by atoms with Gasteiger partial charge in [-0.2, -0.15) is 0 Å². The van der Waals surface area contributed by atoms with Gasteiger partial charge >= 0.3 is 0 Å². The van der Waals surface area contributed by atoms with Crippen molar-refractivity contribution in [1.29, 1.82) is 0 Å². The SMILES string of the molecule is CCn1ccnc1CN1CCC[C@@H](c2cccc(-c3cccc(OC)c3)n2)C1. The number of nitrogens with zero attached hydrogens (tertiary/aromatic N) is 4. The number of ether oxygens (including phenoxy) is 1. The molecule has 3 aromatic rings. The Morgan fingerprint density at radius 3 is 2.93 bits per heavy atom. The highest BCUT2D eigenvalue weighted by molar-refractivity contribution is 5.61. The van der Waals surface area contributed by atoms with Crippen molar-refractivity contribution in [3.63, 3.8) is 0 Å². The number of piperidine rings is 1. The molecule has 4 rings (SSSR count). The summed E-state index contributed by atoms with van der Waals surface area (Å²) < 4.78 is 7.59. The van der Waals surface area contributed by atoms with E-state index in [1.54, 1.807) is 7.11 Å². The fourth-order valence-electron chi connectivity index (χ4n) is 4.04. The van der Waals surface area contributed by atoms with Crippen molar-refractivity contribution in [1.82, 2.24) is 19.4 Å². The molecule has 1 saturated heterocycles. The number of hydrogen-bond donors (Lipinski definition) is 0. The molecule has 5 nitrogen and oxygen atoms in total. The molecule has 0 amide bonds. The Balaban J connectivity index is 1.50. The first-order chi connectivity index (χ1) is 13.8. The van der Waals surface area contributed by atoms with Crippen molar-refractivity contribution in [2.75, 3.05) is 20.2 Å². The van der Waals surface area contributed by atoms with Crippen LogP contribution in [0, 0.1) is 0 Å². The lowest BCUT2D eigenvalue weighted by molar-refractivity contribution is 0.192. The van der Waals surface area contributed by atoms with Crippen LogP contribution in [0.15, 0.2) is 54.9 Å². The first kappa shape index (κ1) is 18.7. The molecule has 1 aliphatic rings. The molecule has 3 heterocycles. The van der Waals surface area contributed by atoms with Gasteiger partial charge in [0.2, 0.25) is 0 Å². The van der Waals surface area contributed by atoms with Crippen LogP contribution < -0.4 is 4.74 Å². The van der Waals surface area contributed by atoms with Crippen molar-refractivity contribution in [3.05, 3.63) is 66.4 Å². The first-order valence-electron chi connectivity index (χ1n) is 10.1. The van der Waals surface area contributed by atoms with Crippen molar-refractivity contribution in [3.8, 4) is 17.0 Å². The minimum Gasteiger partial charge on any atom is -0.497 e. The average Bonchev–Trinajstić information content (AvgIpc) is 3.21. The lowest BCUT2D eigenvalue weighted by Gasteiger charge is -2.32. The van der Waals surface area contributed by atoms with E-state index in [0.29, 0.717) is 5.92 Å². The molecule has 1 aliphatic heterocycles. The Morgan fingerprint density at radius 1 is 1.18 bits per heavy atom. The second kappa shape index (κ2) is 8.57. The smallest absolute Gasteiger partial charge is 0.122 e. The summed E-state index contributed by atoms with van der Waals surface area (Å²) in [4.78, 5) is 12.1. The predicted octanol–water partition coefficient (Wildman–Crippen LogP) is 4.35. The zero-order valence-corrected chi connectivity index (χ0v) is 16.7. The summed E-state index contributed by atoms with van der Waals surface area (Å²) >= 11 is 0. The third-order valence-electron chi connectivity index (χ3n) is 5.57. The molecule has 0 N–H and O–H groups in total. The highest BCUT2D eigenvalue weighted by atomic mass is 16.5. The summed E-state index contributed by atoms with van der Waals surface area (Å²) in [7, 11) is 1.70. The van der Waals surface area contributed by atoms with Crippen molar-refractivity contribution in [2.45, 2.75) is 38.8 Å². The molecular formula is C23H28N4O. The molecule has 28 heavy (non-hydrogen) atoms. The number of rotatable bonds is 6. The Kier molecular flexibility index (Phi) is 5.72. The van der Waals surface area contributed by atoms with Gasteiger partial charge < -0.3 is 9.30 Å². The number of aromatic nitrogens is 3. The van der Waals surface area contributed by atoms with Crippen LogP contribution in [0.4, 0.5) is 0 Å². The molecule has 0 aliphatic carbocycles. The Labute approximate surface area is 167 Å². The number of aryl methyl sites for hydroxylation is 1. The van der Waals surface area contributed by atoms with E-state index in [2.05, 4.69) is 51.8 Å². The lowest BCUT2D eigenvalue weighted by atomic mass is 9.94. The third-order valence-corrected chi connectivity index (χ3v) is 5.57. The quantitative estimate of drug-likeness (QED) is 0.641.